The summed E-state index contributed by atoms with van der Waals surface area (Å²) >= 11 is 0. The van der Waals surface area contributed by atoms with E-state index in [-0.39, 0.29) is 24.9 Å². The van der Waals surface area contributed by atoms with Crippen molar-refractivity contribution in [1.82, 2.24) is 5.32 Å². The van der Waals surface area contributed by atoms with Gasteiger partial charge in [-0.2, -0.15) is 13.2 Å². The van der Waals surface area contributed by atoms with Gasteiger partial charge in [-0.25, -0.2) is 0 Å². The first-order valence-corrected chi connectivity index (χ1v) is 6.00. The molecule has 0 aromatic heterocycles. The van der Waals surface area contributed by atoms with Crippen LogP contribution in [0.4, 0.5) is 13.2 Å². The van der Waals surface area contributed by atoms with Gasteiger partial charge in [0.25, 0.3) is 5.91 Å². The largest absolute Gasteiger partial charge is 0.484 e. The Kier molecular flexibility index (Phi) is 5.82. The summed E-state index contributed by atoms with van der Waals surface area (Å²) in [6.45, 7) is 1.74. The molecule has 2 N–H and O–H groups in total. The van der Waals surface area contributed by atoms with Gasteiger partial charge in [-0.15, -0.1) is 0 Å². The lowest BCUT2D eigenvalue weighted by molar-refractivity contribution is -0.137. The van der Waals surface area contributed by atoms with Gasteiger partial charge in [-0.05, 0) is 30.2 Å². The number of amides is 1. The molecular formula is C13H16F3NO3. The fourth-order valence-corrected chi connectivity index (χ4v) is 1.29. The average Bonchev–Trinajstić information content (AvgIpc) is 2.41. The van der Waals surface area contributed by atoms with Crippen molar-refractivity contribution in [3.8, 4) is 5.75 Å². The van der Waals surface area contributed by atoms with Gasteiger partial charge in [-0.3, -0.25) is 4.79 Å². The maximum absolute atomic E-state index is 12.3. The maximum atomic E-state index is 12.3. The average molecular weight is 291 g/mol. The van der Waals surface area contributed by atoms with E-state index in [9.17, 15) is 18.0 Å². The molecule has 0 aliphatic rings. The van der Waals surface area contributed by atoms with Crippen LogP contribution < -0.4 is 10.1 Å². The number of hydrogen-bond acceptors (Lipinski definition) is 3. The molecule has 112 valence electrons. The minimum atomic E-state index is -4.39. The minimum absolute atomic E-state index is 0.0416. The lowest BCUT2D eigenvalue weighted by Crippen LogP contribution is -2.33. The van der Waals surface area contributed by atoms with E-state index in [1.165, 1.54) is 0 Å². The summed E-state index contributed by atoms with van der Waals surface area (Å²) < 4.78 is 42.0. The van der Waals surface area contributed by atoms with Crippen LogP contribution in [0.5, 0.6) is 5.75 Å². The van der Waals surface area contributed by atoms with Crippen LogP contribution in [0.15, 0.2) is 24.3 Å². The van der Waals surface area contributed by atoms with Crippen LogP contribution in [-0.2, 0) is 11.0 Å². The number of carbonyl (C=O) groups excluding carboxylic acids is 1. The van der Waals surface area contributed by atoms with Gasteiger partial charge in [0.2, 0.25) is 0 Å². The van der Waals surface area contributed by atoms with Crippen LogP contribution in [0.2, 0.25) is 0 Å². The van der Waals surface area contributed by atoms with Crippen LogP contribution in [0.3, 0.4) is 0 Å². The normalized spacial score (nSPS) is 12.8. The van der Waals surface area contributed by atoms with E-state index >= 15 is 0 Å². The fourth-order valence-electron chi connectivity index (χ4n) is 1.29. The monoisotopic (exact) mass is 291 g/mol. The van der Waals surface area contributed by atoms with Crippen molar-refractivity contribution in [1.29, 1.82) is 0 Å². The van der Waals surface area contributed by atoms with E-state index in [1.54, 1.807) is 6.92 Å². The predicted molar refractivity (Wildman–Crippen MR) is 66.2 cm³/mol. The van der Waals surface area contributed by atoms with Crippen molar-refractivity contribution in [2.75, 3.05) is 19.8 Å². The molecule has 0 heterocycles. The molecule has 7 heteroatoms. The van der Waals surface area contributed by atoms with E-state index in [0.29, 0.717) is 6.54 Å². The van der Waals surface area contributed by atoms with Gasteiger partial charge >= 0.3 is 6.18 Å². The van der Waals surface area contributed by atoms with Crippen LogP contribution in [-0.4, -0.2) is 30.8 Å². The molecule has 1 amide bonds. The number of aliphatic hydroxyl groups is 1. The summed E-state index contributed by atoms with van der Waals surface area (Å²) in [5.74, 6) is -0.279. The Balaban J connectivity index is 2.40. The van der Waals surface area contributed by atoms with E-state index in [0.717, 1.165) is 24.3 Å². The highest BCUT2D eigenvalue weighted by Gasteiger charge is 2.30. The highest BCUT2D eigenvalue weighted by atomic mass is 19.4. The first-order valence-electron chi connectivity index (χ1n) is 6.00. The number of rotatable bonds is 6. The maximum Gasteiger partial charge on any atom is 0.416 e. The molecule has 0 fully saturated rings. The second-order valence-corrected chi connectivity index (χ2v) is 4.40. The second kappa shape index (κ2) is 7.14. The van der Waals surface area contributed by atoms with Crippen molar-refractivity contribution >= 4 is 5.91 Å². The second-order valence-electron chi connectivity index (χ2n) is 4.40. The lowest BCUT2D eigenvalue weighted by atomic mass is 10.2. The third-order valence-corrected chi connectivity index (χ3v) is 2.51. The SMILES string of the molecule is CC(CO)CNC(=O)COc1ccc(C(F)(F)F)cc1. The Morgan fingerprint density at radius 1 is 1.35 bits per heavy atom. The van der Waals surface area contributed by atoms with Crippen LogP contribution in [0.1, 0.15) is 12.5 Å². The third-order valence-electron chi connectivity index (χ3n) is 2.51. The molecule has 1 rings (SSSR count). The van der Waals surface area contributed by atoms with Crippen LogP contribution >= 0.6 is 0 Å². The van der Waals surface area contributed by atoms with Gasteiger partial charge < -0.3 is 15.2 Å². The van der Waals surface area contributed by atoms with Gasteiger partial charge in [0.15, 0.2) is 6.61 Å². The topological polar surface area (TPSA) is 58.6 Å². The number of nitrogens with one attached hydrogen (secondary N) is 1. The molecule has 0 bridgehead atoms. The summed E-state index contributed by atoms with van der Waals surface area (Å²) in [6.07, 6.45) is -4.39. The molecule has 4 nitrogen and oxygen atoms in total. The number of alkyl halides is 3. The van der Waals surface area contributed by atoms with Crippen LogP contribution in [0.25, 0.3) is 0 Å². The molecule has 0 spiro atoms. The number of aliphatic hydroxyl groups excluding tert-OH is 1. The van der Waals surface area contributed by atoms with E-state index < -0.39 is 17.6 Å². The summed E-state index contributed by atoms with van der Waals surface area (Å²) in [7, 11) is 0. The Hall–Kier alpha value is -1.76. The molecule has 0 saturated heterocycles. The molecule has 0 radical (unpaired) electrons. The van der Waals surface area contributed by atoms with Crippen molar-refractivity contribution in [2.24, 2.45) is 5.92 Å². The first-order chi connectivity index (χ1) is 9.32. The molecule has 1 aromatic carbocycles. The Morgan fingerprint density at radius 2 is 1.95 bits per heavy atom. The van der Waals surface area contributed by atoms with Crippen molar-refractivity contribution in [3.63, 3.8) is 0 Å². The zero-order valence-electron chi connectivity index (χ0n) is 10.9. The number of carbonyl (C=O) groups is 1. The lowest BCUT2D eigenvalue weighted by Gasteiger charge is -2.11. The fraction of sp³-hybridized carbons (Fsp3) is 0.462. The molecular weight excluding hydrogens is 275 g/mol. The predicted octanol–water partition coefficient (Wildman–Crippen LogP) is 1.83. The van der Waals surface area contributed by atoms with E-state index in [4.69, 9.17) is 9.84 Å². The Bertz CT molecular complexity index is 431. The zero-order chi connectivity index (χ0) is 15.2. The quantitative estimate of drug-likeness (QED) is 0.840. The van der Waals surface area contributed by atoms with Crippen molar-refractivity contribution in [2.45, 2.75) is 13.1 Å². The molecule has 0 saturated carbocycles. The summed E-state index contributed by atoms with van der Waals surface area (Å²) in [4.78, 5) is 11.4. The van der Waals surface area contributed by atoms with Crippen molar-refractivity contribution < 1.29 is 27.8 Å². The highest BCUT2D eigenvalue weighted by molar-refractivity contribution is 5.77. The number of ether oxygens (including phenoxy) is 1. The summed E-state index contributed by atoms with van der Waals surface area (Å²) in [6, 6.07) is 4.10. The van der Waals surface area contributed by atoms with Gasteiger partial charge in [0.1, 0.15) is 5.75 Å². The Labute approximate surface area is 114 Å². The van der Waals surface area contributed by atoms with Gasteiger partial charge in [0, 0.05) is 13.2 Å². The molecule has 1 unspecified atom stereocenters. The summed E-state index contributed by atoms with van der Waals surface area (Å²) in [5, 5.41) is 11.3. The highest BCUT2D eigenvalue weighted by Crippen LogP contribution is 2.30. The van der Waals surface area contributed by atoms with Gasteiger partial charge in [-0.1, -0.05) is 6.92 Å². The number of benzene rings is 1. The minimum Gasteiger partial charge on any atom is -0.484 e. The number of hydrogen-bond donors (Lipinski definition) is 2. The molecule has 1 aromatic rings. The zero-order valence-corrected chi connectivity index (χ0v) is 10.9. The molecule has 0 aliphatic carbocycles. The molecule has 20 heavy (non-hydrogen) atoms. The first kappa shape index (κ1) is 16.3. The number of halogens is 3. The molecule has 1 atom stereocenters. The van der Waals surface area contributed by atoms with E-state index in [2.05, 4.69) is 5.32 Å². The smallest absolute Gasteiger partial charge is 0.416 e. The molecule has 0 aliphatic heterocycles. The van der Waals surface area contributed by atoms with Gasteiger partial charge in [0.05, 0.1) is 5.56 Å². The summed E-state index contributed by atoms with van der Waals surface area (Å²) in [5.41, 5.74) is -0.772. The standard InChI is InChI=1S/C13H16F3NO3/c1-9(7-18)6-17-12(19)8-20-11-4-2-10(3-5-11)13(14,15)16/h2-5,9,18H,6-8H2,1H3,(H,17,19). The van der Waals surface area contributed by atoms with Crippen LogP contribution in [0, 0.1) is 5.92 Å². The Morgan fingerprint density at radius 3 is 2.45 bits per heavy atom. The van der Waals surface area contributed by atoms with Crippen molar-refractivity contribution in [3.05, 3.63) is 29.8 Å². The van der Waals surface area contributed by atoms with E-state index in [1.807, 2.05) is 0 Å². The third kappa shape index (κ3) is 5.48.